The Morgan fingerprint density at radius 2 is 1.79 bits per heavy atom. The summed E-state index contributed by atoms with van der Waals surface area (Å²) >= 11 is 0. The number of nitrogens with zero attached hydrogens (tertiary/aromatic N) is 1. The average Bonchev–Trinajstić information content (AvgIpc) is 2.14. The number of hydrogen-bond donors (Lipinski definition) is 1. The maximum absolute atomic E-state index is 5.53. The molecule has 0 amide bonds. The highest BCUT2D eigenvalue weighted by Gasteiger charge is 2.26. The van der Waals surface area contributed by atoms with Crippen LogP contribution in [-0.2, 0) is 0 Å². The second-order valence-electron chi connectivity index (χ2n) is 5.53. The van der Waals surface area contributed by atoms with Gasteiger partial charge in [0.2, 0.25) is 0 Å². The zero-order valence-electron chi connectivity index (χ0n) is 10.1. The second kappa shape index (κ2) is 5.13. The zero-order chi connectivity index (χ0) is 10.6. The van der Waals surface area contributed by atoms with Crippen LogP contribution in [0.4, 0.5) is 0 Å². The highest BCUT2D eigenvalue weighted by Crippen LogP contribution is 2.26. The molecule has 0 spiro atoms. The van der Waals surface area contributed by atoms with E-state index in [-0.39, 0.29) is 0 Å². The first kappa shape index (κ1) is 12.0. The topological polar surface area (TPSA) is 29.3 Å². The van der Waals surface area contributed by atoms with Gasteiger partial charge in [-0.2, -0.15) is 0 Å². The van der Waals surface area contributed by atoms with Crippen LogP contribution in [0.5, 0.6) is 0 Å². The molecule has 1 aliphatic heterocycles. The average molecular weight is 198 g/mol. The predicted octanol–water partition coefficient (Wildman–Crippen LogP) is 2.24. The smallest absolute Gasteiger partial charge is 0.0125 e. The minimum Gasteiger partial charge on any atom is -0.330 e. The maximum Gasteiger partial charge on any atom is 0.0125 e. The lowest BCUT2D eigenvalue weighted by Crippen LogP contribution is -2.46. The molecule has 0 aromatic rings. The summed E-state index contributed by atoms with van der Waals surface area (Å²) in [7, 11) is 0. The summed E-state index contributed by atoms with van der Waals surface area (Å²) in [5, 5.41) is 0. The van der Waals surface area contributed by atoms with Crippen LogP contribution >= 0.6 is 0 Å². The van der Waals surface area contributed by atoms with Crippen LogP contribution in [0.1, 0.15) is 46.5 Å². The Hall–Kier alpha value is -0.0800. The van der Waals surface area contributed by atoms with Crippen molar-refractivity contribution in [1.29, 1.82) is 0 Å². The van der Waals surface area contributed by atoms with Crippen LogP contribution in [-0.4, -0.2) is 30.1 Å². The van der Waals surface area contributed by atoms with Crippen molar-refractivity contribution in [3.8, 4) is 0 Å². The lowest BCUT2D eigenvalue weighted by Gasteiger charge is -2.41. The van der Waals surface area contributed by atoms with Gasteiger partial charge in [-0.25, -0.2) is 0 Å². The van der Waals surface area contributed by atoms with E-state index in [1.807, 2.05) is 0 Å². The summed E-state index contributed by atoms with van der Waals surface area (Å²) in [5.74, 6) is 0.942. The van der Waals surface area contributed by atoms with Gasteiger partial charge in [0.25, 0.3) is 0 Å². The molecule has 1 rings (SSSR count). The molecule has 0 unspecified atom stereocenters. The SMILES string of the molecule is CC(C)(C)N1CCC(CCCN)CC1. The lowest BCUT2D eigenvalue weighted by atomic mass is 9.90. The van der Waals surface area contributed by atoms with Crippen LogP contribution < -0.4 is 5.73 Å². The Balaban J connectivity index is 2.24. The molecular weight excluding hydrogens is 172 g/mol. The minimum absolute atomic E-state index is 0.360. The van der Waals surface area contributed by atoms with Crippen LogP contribution in [0.25, 0.3) is 0 Å². The summed E-state index contributed by atoms with van der Waals surface area (Å²) in [5.41, 5.74) is 5.89. The van der Waals surface area contributed by atoms with Crippen molar-refractivity contribution < 1.29 is 0 Å². The molecule has 0 aromatic carbocycles. The van der Waals surface area contributed by atoms with Gasteiger partial charge in [-0.1, -0.05) is 0 Å². The normalized spacial score (nSPS) is 21.4. The highest BCUT2D eigenvalue weighted by atomic mass is 15.2. The summed E-state index contributed by atoms with van der Waals surface area (Å²) in [6, 6.07) is 0. The fourth-order valence-corrected chi connectivity index (χ4v) is 2.30. The van der Waals surface area contributed by atoms with Crippen molar-refractivity contribution in [3.05, 3.63) is 0 Å². The fourth-order valence-electron chi connectivity index (χ4n) is 2.30. The first-order valence-electron chi connectivity index (χ1n) is 5.99. The molecule has 0 bridgehead atoms. The molecule has 2 N–H and O–H groups in total. The third kappa shape index (κ3) is 3.58. The third-order valence-corrected chi connectivity index (χ3v) is 3.38. The Morgan fingerprint density at radius 3 is 2.21 bits per heavy atom. The molecule has 0 saturated carbocycles. The summed E-state index contributed by atoms with van der Waals surface area (Å²) in [6.07, 6.45) is 5.29. The second-order valence-corrected chi connectivity index (χ2v) is 5.53. The number of hydrogen-bond acceptors (Lipinski definition) is 2. The lowest BCUT2D eigenvalue weighted by molar-refractivity contribution is 0.0850. The van der Waals surface area contributed by atoms with E-state index in [1.54, 1.807) is 0 Å². The summed E-state index contributed by atoms with van der Waals surface area (Å²) in [4.78, 5) is 2.60. The van der Waals surface area contributed by atoms with E-state index in [9.17, 15) is 0 Å². The van der Waals surface area contributed by atoms with Gasteiger partial charge < -0.3 is 5.73 Å². The first-order valence-corrected chi connectivity index (χ1v) is 5.99. The molecule has 0 atom stereocenters. The number of nitrogens with two attached hydrogens (primary N) is 1. The van der Waals surface area contributed by atoms with Crippen LogP contribution in [0, 0.1) is 5.92 Å². The van der Waals surface area contributed by atoms with Gasteiger partial charge in [0.1, 0.15) is 0 Å². The van der Waals surface area contributed by atoms with E-state index < -0.39 is 0 Å². The molecule has 1 aliphatic rings. The Bertz CT molecular complexity index is 152. The van der Waals surface area contributed by atoms with Gasteiger partial charge in [-0.05, 0) is 72.0 Å². The Labute approximate surface area is 88.8 Å². The van der Waals surface area contributed by atoms with E-state index in [0.29, 0.717) is 5.54 Å². The molecule has 0 aliphatic carbocycles. The van der Waals surface area contributed by atoms with E-state index in [0.717, 1.165) is 12.5 Å². The molecule has 2 heteroatoms. The quantitative estimate of drug-likeness (QED) is 0.753. The summed E-state index contributed by atoms with van der Waals surface area (Å²) < 4.78 is 0. The van der Waals surface area contributed by atoms with Gasteiger partial charge in [0.05, 0.1) is 0 Å². The van der Waals surface area contributed by atoms with Crippen molar-refractivity contribution in [2.75, 3.05) is 19.6 Å². The van der Waals surface area contributed by atoms with Gasteiger partial charge in [-0.3, -0.25) is 4.90 Å². The molecule has 0 aromatic heterocycles. The minimum atomic E-state index is 0.360. The van der Waals surface area contributed by atoms with Crippen molar-refractivity contribution >= 4 is 0 Å². The highest BCUT2D eigenvalue weighted by molar-refractivity contribution is 4.81. The Morgan fingerprint density at radius 1 is 1.21 bits per heavy atom. The maximum atomic E-state index is 5.53. The van der Waals surface area contributed by atoms with Crippen LogP contribution in [0.15, 0.2) is 0 Å². The molecule has 1 saturated heterocycles. The van der Waals surface area contributed by atoms with Gasteiger partial charge >= 0.3 is 0 Å². The number of rotatable bonds is 3. The van der Waals surface area contributed by atoms with Crippen molar-refractivity contribution in [2.45, 2.75) is 52.0 Å². The molecule has 2 nitrogen and oxygen atoms in total. The van der Waals surface area contributed by atoms with Gasteiger partial charge in [0.15, 0.2) is 0 Å². The first-order chi connectivity index (χ1) is 6.54. The van der Waals surface area contributed by atoms with Gasteiger partial charge in [-0.15, -0.1) is 0 Å². The predicted molar refractivity (Wildman–Crippen MR) is 62.3 cm³/mol. The zero-order valence-corrected chi connectivity index (χ0v) is 10.1. The molecule has 1 fully saturated rings. The standard InChI is InChI=1S/C12H26N2/c1-12(2,3)14-9-6-11(7-10-14)5-4-8-13/h11H,4-10,13H2,1-3H3. The molecule has 1 heterocycles. The van der Waals surface area contributed by atoms with Crippen LogP contribution in [0.2, 0.25) is 0 Å². The van der Waals surface area contributed by atoms with Gasteiger partial charge in [0, 0.05) is 5.54 Å². The molecule has 0 radical (unpaired) electrons. The number of likely N-dealkylation sites (tertiary alicyclic amines) is 1. The Kier molecular flexibility index (Phi) is 4.39. The largest absolute Gasteiger partial charge is 0.330 e. The van der Waals surface area contributed by atoms with E-state index in [4.69, 9.17) is 5.73 Å². The molecule has 14 heavy (non-hydrogen) atoms. The van der Waals surface area contributed by atoms with E-state index >= 15 is 0 Å². The summed E-state index contributed by atoms with van der Waals surface area (Å²) in [6.45, 7) is 10.4. The monoisotopic (exact) mass is 198 g/mol. The van der Waals surface area contributed by atoms with Crippen molar-refractivity contribution in [3.63, 3.8) is 0 Å². The van der Waals surface area contributed by atoms with Crippen LogP contribution in [0.3, 0.4) is 0 Å². The van der Waals surface area contributed by atoms with Crippen molar-refractivity contribution in [2.24, 2.45) is 11.7 Å². The number of piperidine rings is 1. The fraction of sp³-hybridized carbons (Fsp3) is 1.00. The van der Waals surface area contributed by atoms with E-state index in [1.165, 1.54) is 38.8 Å². The molecular formula is C12H26N2. The third-order valence-electron chi connectivity index (χ3n) is 3.38. The molecule has 84 valence electrons. The van der Waals surface area contributed by atoms with Crippen molar-refractivity contribution in [1.82, 2.24) is 4.90 Å². The van der Waals surface area contributed by atoms with E-state index in [2.05, 4.69) is 25.7 Å².